The van der Waals surface area contributed by atoms with E-state index in [-0.39, 0.29) is 22.9 Å². The van der Waals surface area contributed by atoms with Crippen LogP contribution in [0.5, 0.6) is 0 Å². The lowest BCUT2D eigenvalue weighted by molar-refractivity contribution is -0.131. The van der Waals surface area contributed by atoms with Crippen LogP contribution in [0.2, 0.25) is 5.02 Å². The Hall–Kier alpha value is -1.66. The Morgan fingerprint density at radius 1 is 1.65 bits per heavy atom. The standard InChI is InChI=1S/C13H14ClFN2O3/c1-19-6-5-16-13(18)11-7-10(17-20-11)12-8(14)3-2-4-9(12)15/h2-4,11H,5-7H2,1H3,(H,16,18)/t11-/m0/s1. The van der Waals surface area contributed by atoms with Crippen molar-refractivity contribution in [1.82, 2.24) is 5.32 Å². The van der Waals surface area contributed by atoms with Crippen molar-refractivity contribution in [3.05, 3.63) is 34.6 Å². The summed E-state index contributed by atoms with van der Waals surface area (Å²) < 4.78 is 18.6. The Bertz CT molecular complexity index is 516. The molecule has 0 fully saturated rings. The molecule has 1 amide bonds. The lowest BCUT2D eigenvalue weighted by atomic mass is 10.0. The minimum absolute atomic E-state index is 0.180. The molecule has 1 aliphatic rings. The number of amides is 1. The van der Waals surface area contributed by atoms with Crippen LogP contribution in [-0.4, -0.2) is 38.0 Å². The van der Waals surface area contributed by atoms with Gasteiger partial charge in [0.1, 0.15) is 5.82 Å². The van der Waals surface area contributed by atoms with Crippen LogP contribution in [0.4, 0.5) is 4.39 Å². The average Bonchev–Trinajstić information content (AvgIpc) is 2.88. The number of nitrogens with one attached hydrogen (secondary N) is 1. The van der Waals surface area contributed by atoms with Gasteiger partial charge in [-0.2, -0.15) is 0 Å². The number of rotatable bonds is 5. The van der Waals surface area contributed by atoms with Gasteiger partial charge in [0.2, 0.25) is 6.10 Å². The smallest absolute Gasteiger partial charge is 0.264 e. The van der Waals surface area contributed by atoms with Crippen LogP contribution in [0.1, 0.15) is 12.0 Å². The summed E-state index contributed by atoms with van der Waals surface area (Å²) >= 11 is 5.95. The van der Waals surface area contributed by atoms with Gasteiger partial charge in [0, 0.05) is 20.1 Å². The number of oxime groups is 1. The molecule has 0 saturated carbocycles. The third-order valence-corrected chi connectivity index (χ3v) is 3.13. The summed E-state index contributed by atoms with van der Waals surface area (Å²) in [5.41, 5.74) is 0.515. The van der Waals surface area contributed by atoms with Crippen LogP contribution in [0.25, 0.3) is 0 Å². The Kier molecular flexibility index (Phi) is 4.92. The molecule has 20 heavy (non-hydrogen) atoms. The average molecular weight is 301 g/mol. The van der Waals surface area contributed by atoms with E-state index >= 15 is 0 Å². The van der Waals surface area contributed by atoms with Crippen molar-refractivity contribution in [2.75, 3.05) is 20.3 Å². The van der Waals surface area contributed by atoms with Gasteiger partial charge >= 0.3 is 0 Å². The van der Waals surface area contributed by atoms with Gasteiger partial charge in [-0.3, -0.25) is 4.79 Å². The summed E-state index contributed by atoms with van der Waals surface area (Å²) in [6, 6.07) is 4.36. The van der Waals surface area contributed by atoms with Crippen LogP contribution in [-0.2, 0) is 14.4 Å². The third-order valence-electron chi connectivity index (χ3n) is 2.82. The second kappa shape index (κ2) is 6.67. The third kappa shape index (κ3) is 3.26. The zero-order valence-electron chi connectivity index (χ0n) is 10.9. The topological polar surface area (TPSA) is 59.9 Å². The molecule has 0 spiro atoms. The number of hydrogen-bond acceptors (Lipinski definition) is 4. The van der Waals surface area contributed by atoms with Crippen molar-refractivity contribution in [3.8, 4) is 0 Å². The number of nitrogens with zero attached hydrogens (tertiary/aromatic N) is 1. The first-order valence-electron chi connectivity index (χ1n) is 6.07. The molecule has 0 unspecified atom stereocenters. The maximum Gasteiger partial charge on any atom is 0.264 e. The quantitative estimate of drug-likeness (QED) is 0.843. The van der Waals surface area contributed by atoms with Gasteiger partial charge in [-0.1, -0.05) is 22.8 Å². The van der Waals surface area contributed by atoms with Crippen LogP contribution in [0.15, 0.2) is 23.4 Å². The lowest BCUT2D eigenvalue weighted by Crippen LogP contribution is -2.36. The maximum absolute atomic E-state index is 13.7. The van der Waals surface area contributed by atoms with E-state index < -0.39 is 11.9 Å². The minimum Gasteiger partial charge on any atom is -0.383 e. The molecule has 2 rings (SSSR count). The number of methoxy groups -OCH3 is 1. The molecule has 108 valence electrons. The Labute approximate surface area is 120 Å². The molecule has 1 atom stereocenters. The molecule has 0 aliphatic carbocycles. The van der Waals surface area contributed by atoms with E-state index in [2.05, 4.69) is 10.5 Å². The van der Waals surface area contributed by atoms with Crippen molar-refractivity contribution in [2.45, 2.75) is 12.5 Å². The van der Waals surface area contributed by atoms with Gasteiger partial charge in [0.25, 0.3) is 5.91 Å². The molecule has 0 radical (unpaired) electrons. The number of carbonyl (C=O) groups is 1. The van der Waals surface area contributed by atoms with Crippen molar-refractivity contribution in [1.29, 1.82) is 0 Å². The Morgan fingerprint density at radius 2 is 2.45 bits per heavy atom. The number of halogens is 2. The first-order chi connectivity index (χ1) is 9.63. The predicted octanol–water partition coefficient (Wildman–Crippen LogP) is 1.73. The minimum atomic E-state index is -0.766. The monoisotopic (exact) mass is 300 g/mol. The summed E-state index contributed by atoms with van der Waals surface area (Å²) in [6.07, 6.45) is -0.586. The van der Waals surface area contributed by atoms with E-state index in [4.69, 9.17) is 21.2 Å². The van der Waals surface area contributed by atoms with Gasteiger partial charge in [-0.05, 0) is 12.1 Å². The molecule has 0 aromatic heterocycles. The van der Waals surface area contributed by atoms with E-state index in [0.29, 0.717) is 18.9 Å². The van der Waals surface area contributed by atoms with Crippen molar-refractivity contribution >= 4 is 23.2 Å². The molecular weight excluding hydrogens is 287 g/mol. The van der Waals surface area contributed by atoms with Crippen LogP contribution >= 0.6 is 11.6 Å². The molecule has 0 bridgehead atoms. The molecule has 0 saturated heterocycles. The summed E-state index contributed by atoms with van der Waals surface area (Å²) in [7, 11) is 1.54. The largest absolute Gasteiger partial charge is 0.383 e. The molecule has 1 N–H and O–H groups in total. The first kappa shape index (κ1) is 14.7. The van der Waals surface area contributed by atoms with E-state index in [0.717, 1.165) is 0 Å². The first-order valence-corrected chi connectivity index (χ1v) is 6.45. The van der Waals surface area contributed by atoms with Gasteiger partial charge in [0.15, 0.2) is 0 Å². The molecule has 7 heteroatoms. The highest BCUT2D eigenvalue weighted by atomic mass is 35.5. The molecule has 1 aliphatic heterocycles. The van der Waals surface area contributed by atoms with Crippen LogP contribution in [0.3, 0.4) is 0 Å². The number of carbonyl (C=O) groups excluding carboxylic acids is 1. The molecular formula is C13H14ClFN2O3. The molecule has 5 nitrogen and oxygen atoms in total. The fourth-order valence-corrected chi connectivity index (χ4v) is 2.10. The predicted molar refractivity (Wildman–Crippen MR) is 72.3 cm³/mol. The number of benzene rings is 1. The van der Waals surface area contributed by atoms with E-state index in [1.807, 2.05) is 0 Å². The van der Waals surface area contributed by atoms with Gasteiger partial charge in [-0.15, -0.1) is 0 Å². The van der Waals surface area contributed by atoms with Gasteiger partial charge in [0.05, 0.1) is 22.9 Å². The van der Waals surface area contributed by atoms with E-state index in [9.17, 15) is 9.18 Å². The summed E-state index contributed by atoms with van der Waals surface area (Å²) in [5.74, 6) is -0.798. The molecule has 1 heterocycles. The molecule has 1 aromatic rings. The second-order valence-electron chi connectivity index (χ2n) is 4.22. The Balaban J connectivity index is 2.00. The van der Waals surface area contributed by atoms with Crippen molar-refractivity contribution < 1.29 is 18.8 Å². The lowest BCUT2D eigenvalue weighted by Gasteiger charge is -2.09. The molecule has 1 aromatic carbocycles. The number of hydrogen-bond donors (Lipinski definition) is 1. The SMILES string of the molecule is COCCNC(=O)[C@@H]1CC(c2c(F)cccc2Cl)=NO1. The zero-order valence-corrected chi connectivity index (χ0v) is 11.6. The summed E-state index contributed by atoms with van der Waals surface area (Å²) in [6.45, 7) is 0.788. The van der Waals surface area contributed by atoms with E-state index in [1.165, 1.54) is 12.1 Å². The normalized spacial score (nSPS) is 17.6. The summed E-state index contributed by atoms with van der Waals surface area (Å²) in [5, 5.41) is 6.64. The second-order valence-corrected chi connectivity index (χ2v) is 4.62. The van der Waals surface area contributed by atoms with E-state index in [1.54, 1.807) is 13.2 Å². The van der Waals surface area contributed by atoms with Crippen LogP contribution in [0, 0.1) is 5.82 Å². The van der Waals surface area contributed by atoms with Crippen molar-refractivity contribution in [3.63, 3.8) is 0 Å². The highest BCUT2D eigenvalue weighted by molar-refractivity contribution is 6.34. The highest BCUT2D eigenvalue weighted by Gasteiger charge is 2.30. The maximum atomic E-state index is 13.7. The van der Waals surface area contributed by atoms with Gasteiger partial charge in [-0.25, -0.2) is 4.39 Å². The fraction of sp³-hybridized carbons (Fsp3) is 0.385. The highest BCUT2D eigenvalue weighted by Crippen LogP contribution is 2.25. The number of ether oxygens (including phenoxy) is 1. The van der Waals surface area contributed by atoms with Crippen LogP contribution < -0.4 is 5.32 Å². The Morgan fingerprint density at radius 3 is 3.15 bits per heavy atom. The van der Waals surface area contributed by atoms with Crippen molar-refractivity contribution in [2.24, 2.45) is 5.16 Å². The fourth-order valence-electron chi connectivity index (χ4n) is 1.83. The summed E-state index contributed by atoms with van der Waals surface area (Å²) in [4.78, 5) is 16.8. The zero-order chi connectivity index (χ0) is 14.5. The van der Waals surface area contributed by atoms with Gasteiger partial charge < -0.3 is 14.9 Å².